The van der Waals surface area contributed by atoms with E-state index in [1.165, 1.54) is 11.3 Å². The molecule has 3 aromatic rings. The molecule has 6 nitrogen and oxygen atoms in total. The molecule has 2 aromatic carbocycles. The van der Waals surface area contributed by atoms with Gasteiger partial charge in [0.25, 0.3) is 5.91 Å². The Hall–Kier alpha value is -2.93. The highest BCUT2D eigenvalue weighted by atomic mass is 32.1. The van der Waals surface area contributed by atoms with Crippen molar-refractivity contribution in [2.75, 3.05) is 12.4 Å². The van der Waals surface area contributed by atoms with E-state index in [9.17, 15) is 4.79 Å². The maximum atomic E-state index is 12.6. The molecule has 0 aliphatic heterocycles. The number of hydrogen-bond acceptors (Lipinski definition) is 6. The molecular weight excluding hydrogens is 374 g/mol. The van der Waals surface area contributed by atoms with Crippen molar-refractivity contribution in [3.63, 3.8) is 0 Å². The van der Waals surface area contributed by atoms with Crippen LogP contribution < -0.4 is 14.8 Å². The molecule has 1 N–H and O–H groups in total. The monoisotopic (exact) mass is 397 g/mol. The van der Waals surface area contributed by atoms with Crippen LogP contribution in [0.3, 0.4) is 0 Å². The number of aryl methyl sites for hydroxylation is 2. The van der Waals surface area contributed by atoms with Crippen molar-refractivity contribution in [1.82, 2.24) is 10.2 Å². The summed E-state index contributed by atoms with van der Waals surface area (Å²) in [5.41, 5.74) is 3.11. The van der Waals surface area contributed by atoms with E-state index >= 15 is 0 Å². The molecule has 0 aliphatic carbocycles. The summed E-state index contributed by atoms with van der Waals surface area (Å²) in [4.78, 5) is 12.6. The standard InChI is InChI=1S/C21H23N3O3S/c1-5-18(27-17-11-13(2)10-14(3)12-17)19(25)22-21-24-23-20(28-21)15-6-8-16(26-4)9-7-15/h6-12,18H,5H2,1-4H3,(H,22,24,25)/t18-/m0/s1. The largest absolute Gasteiger partial charge is 0.497 e. The normalized spacial score (nSPS) is 11.7. The summed E-state index contributed by atoms with van der Waals surface area (Å²) in [5.74, 6) is 1.23. The molecule has 3 rings (SSSR count). The fraction of sp³-hybridized carbons (Fsp3) is 0.286. The summed E-state index contributed by atoms with van der Waals surface area (Å²) >= 11 is 1.32. The zero-order valence-corrected chi connectivity index (χ0v) is 17.2. The second-order valence-electron chi connectivity index (χ2n) is 6.47. The van der Waals surface area contributed by atoms with E-state index in [-0.39, 0.29) is 5.91 Å². The molecule has 1 amide bonds. The van der Waals surface area contributed by atoms with Crippen molar-refractivity contribution in [2.24, 2.45) is 0 Å². The zero-order chi connectivity index (χ0) is 20.1. The summed E-state index contributed by atoms with van der Waals surface area (Å²) in [6, 6.07) is 13.5. The predicted octanol–water partition coefficient (Wildman–Crippen LogP) is 4.63. The molecule has 1 atom stereocenters. The Labute approximate surface area is 168 Å². The summed E-state index contributed by atoms with van der Waals surface area (Å²) in [6.45, 7) is 5.92. The van der Waals surface area contributed by atoms with E-state index < -0.39 is 6.10 Å². The number of carbonyl (C=O) groups is 1. The molecule has 1 heterocycles. The minimum atomic E-state index is -0.602. The molecule has 0 saturated heterocycles. The highest BCUT2D eigenvalue weighted by Crippen LogP contribution is 2.28. The number of methoxy groups -OCH3 is 1. The maximum absolute atomic E-state index is 12.6. The first-order chi connectivity index (χ1) is 13.5. The van der Waals surface area contributed by atoms with Gasteiger partial charge in [0.2, 0.25) is 5.13 Å². The summed E-state index contributed by atoms with van der Waals surface area (Å²) in [7, 11) is 1.62. The second-order valence-corrected chi connectivity index (χ2v) is 7.45. The van der Waals surface area contributed by atoms with E-state index in [0.717, 1.165) is 27.4 Å². The van der Waals surface area contributed by atoms with Gasteiger partial charge in [-0.15, -0.1) is 10.2 Å². The highest BCUT2D eigenvalue weighted by molar-refractivity contribution is 7.18. The number of carbonyl (C=O) groups excluding carboxylic acids is 1. The Balaban J connectivity index is 1.68. The average Bonchev–Trinajstić information content (AvgIpc) is 3.13. The van der Waals surface area contributed by atoms with Crippen molar-refractivity contribution in [3.8, 4) is 22.1 Å². The molecular formula is C21H23N3O3S. The van der Waals surface area contributed by atoms with Crippen LogP contribution in [0.4, 0.5) is 5.13 Å². The van der Waals surface area contributed by atoms with Gasteiger partial charge in [0, 0.05) is 5.56 Å². The number of ether oxygens (including phenoxy) is 2. The van der Waals surface area contributed by atoms with Crippen molar-refractivity contribution in [3.05, 3.63) is 53.6 Å². The lowest BCUT2D eigenvalue weighted by Crippen LogP contribution is -2.32. The van der Waals surface area contributed by atoms with Crippen molar-refractivity contribution >= 4 is 22.4 Å². The van der Waals surface area contributed by atoms with Crippen LogP contribution in [-0.2, 0) is 4.79 Å². The fourth-order valence-corrected chi connectivity index (χ4v) is 3.55. The third-order valence-electron chi connectivity index (χ3n) is 4.13. The molecule has 1 aromatic heterocycles. The number of nitrogens with one attached hydrogen (secondary N) is 1. The smallest absolute Gasteiger partial charge is 0.267 e. The molecule has 0 saturated carbocycles. The van der Waals surface area contributed by atoms with Gasteiger partial charge in [-0.3, -0.25) is 10.1 Å². The number of benzene rings is 2. The summed E-state index contributed by atoms with van der Waals surface area (Å²) in [6.07, 6.45) is -0.0577. The molecule has 0 aliphatic rings. The second kappa shape index (κ2) is 8.84. The minimum Gasteiger partial charge on any atom is -0.497 e. The lowest BCUT2D eigenvalue weighted by molar-refractivity contribution is -0.122. The molecule has 0 radical (unpaired) electrons. The van der Waals surface area contributed by atoms with Gasteiger partial charge in [0.05, 0.1) is 7.11 Å². The number of hydrogen-bond donors (Lipinski definition) is 1. The van der Waals surface area contributed by atoms with Crippen molar-refractivity contribution in [1.29, 1.82) is 0 Å². The Kier molecular flexibility index (Phi) is 6.26. The van der Waals surface area contributed by atoms with Crippen LogP contribution in [0.15, 0.2) is 42.5 Å². The first kappa shape index (κ1) is 19.8. The lowest BCUT2D eigenvalue weighted by atomic mass is 10.1. The molecule has 7 heteroatoms. The fourth-order valence-electron chi connectivity index (χ4n) is 2.80. The van der Waals surface area contributed by atoms with Gasteiger partial charge in [0.15, 0.2) is 6.10 Å². The Morgan fingerprint density at radius 3 is 2.36 bits per heavy atom. The molecule has 146 valence electrons. The SMILES string of the molecule is CC[C@H](Oc1cc(C)cc(C)c1)C(=O)Nc1nnc(-c2ccc(OC)cc2)s1. The third-order valence-corrected chi connectivity index (χ3v) is 5.02. The first-order valence-electron chi connectivity index (χ1n) is 9.02. The first-order valence-corrected chi connectivity index (χ1v) is 9.84. The lowest BCUT2D eigenvalue weighted by Gasteiger charge is -2.17. The van der Waals surface area contributed by atoms with Gasteiger partial charge >= 0.3 is 0 Å². The van der Waals surface area contributed by atoms with Gasteiger partial charge < -0.3 is 9.47 Å². The molecule has 0 spiro atoms. The van der Waals surface area contributed by atoms with Gasteiger partial charge in [-0.1, -0.05) is 24.3 Å². The third kappa shape index (κ3) is 4.86. The van der Waals surface area contributed by atoms with Gasteiger partial charge in [-0.25, -0.2) is 0 Å². The van der Waals surface area contributed by atoms with Crippen LogP contribution in [0.1, 0.15) is 24.5 Å². The van der Waals surface area contributed by atoms with E-state index in [4.69, 9.17) is 9.47 Å². The molecule has 0 bridgehead atoms. The Morgan fingerprint density at radius 2 is 1.75 bits per heavy atom. The number of nitrogens with zero attached hydrogens (tertiary/aromatic N) is 2. The van der Waals surface area contributed by atoms with E-state index in [0.29, 0.717) is 17.3 Å². The van der Waals surface area contributed by atoms with Gasteiger partial charge in [-0.05, 0) is 67.8 Å². The highest BCUT2D eigenvalue weighted by Gasteiger charge is 2.20. The van der Waals surface area contributed by atoms with Crippen LogP contribution in [0.2, 0.25) is 0 Å². The molecule has 0 unspecified atom stereocenters. The Bertz CT molecular complexity index is 934. The van der Waals surface area contributed by atoms with Crippen LogP contribution in [0.5, 0.6) is 11.5 Å². The summed E-state index contributed by atoms with van der Waals surface area (Å²) in [5, 5.41) is 12.2. The van der Waals surface area contributed by atoms with Gasteiger partial charge in [0.1, 0.15) is 16.5 Å². The maximum Gasteiger partial charge on any atom is 0.267 e. The van der Waals surface area contributed by atoms with Crippen LogP contribution in [-0.4, -0.2) is 29.3 Å². The van der Waals surface area contributed by atoms with Crippen LogP contribution in [0, 0.1) is 13.8 Å². The zero-order valence-electron chi connectivity index (χ0n) is 16.4. The van der Waals surface area contributed by atoms with Gasteiger partial charge in [-0.2, -0.15) is 0 Å². The predicted molar refractivity (Wildman–Crippen MR) is 111 cm³/mol. The number of amides is 1. The van der Waals surface area contributed by atoms with Crippen LogP contribution >= 0.6 is 11.3 Å². The number of rotatable bonds is 7. The van der Waals surface area contributed by atoms with E-state index in [1.807, 2.05) is 57.2 Å². The number of aromatic nitrogens is 2. The van der Waals surface area contributed by atoms with E-state index in [2.05, 4.69) is 21.6 Å². The minimum absolute atomic E-state index is 0.237. The molecule has 28 heavy (non-hydrogen) atoms. The quantitative estimate of drug-likeness (QED) is 0.629. The summed E-state index contributed by atoms with van der Waals surface area (Å²) < 4.78 is 11.1. The van der Waals surface area contributed by atoms with Crippen molar-refractivity contribution in [2.45, 2.75) is 33.3 Å². The van der Waals surface area contributed by atoms with Crippen molar-refractivity contribution < 1.29 is 14.3 Å². The van der Waals surface area contributed by atoms with Crippen LogP contribution in [0.25, 0.3) is 10.6 Å². The number of anilines is 1. The topological polar surface area (TPSA) is 73.3 Å². The average molecular weight is 398 g/mol. The Morgan fingerprint density at radius 1 is 1.07 bits per heavy atom. The molecule has 0 fully saturated rings. The van der Waals surface area contributed by atoms with E-state index in [1.54, 1.807) is 7.11 Å².